The Morgan fingerprint density at radius 2 is 2.14 bits per heavy atom. The van der Waals surface area contributed by atoms with Crippen molar-refractivity contribution in [1.29, 1.82) is 0 Å². The molecule has 0 radical (unpaired) electrons. The Kier molecular flexibility index (Phi) is 3.24. The summed E-state index contributed by atoms with van der Waals surface area (Å²) in [7, 11) is 0. The molecule has 0 unspecified atom stereocenters. The van der Waals surface area contributed by atoms with Crippen molar-refractivity contribution in [3.05, 3.63) is 28.8 Å². The number of ether oxygens (including phenoxy) is 1. The molecule has 0 fully saturated rings. The van der Waals surface area contributed by atoms with E-state index in [9.17, 15) is 13.6 Å². The van der Waals surface area contributed by atoms with E-state index >= 15 is 0 Å². The van der Waals surface area contributed by atoms with Gasteiger partial charge in [0.1, 0.15) is 11.3 Å². The third-order valence-corrected chi connectivity index (χ3v) is 1.72. The number of alkyl halides is 2. The van der Waals surface area contributed by atoms with Gasteiger partial charge in [0.15, 0.2) is 0 Å². The van der Waals surface area contributed by atoms with Crippen LogP contribution in [-0.2, 0) is 0 Å². The zero-order chi connectivity index (χ0) is 10.7. The molecule has 0 saturated heterocycles. The average molecular weight is 223 g/mol. The van der Waals surface area contributed by atoms with Gasteiger partial charge < -0.3 is 9.84 Å². The number of benzene rings is 1. The average Bonchev–Trinajstić information content (AvgIpc) is 2.01. The van der Waals surface area contributed by atoms with E-state index in [1.54, 1.807) is 0 Å². The van der Waals surface area contributed by atoms with Crippen LogP contribution in [0.2, 0.25) is 5.02 Å². The Balaban J connectivity index is 3.14. The number of aromatic carboxylic acids is 1. The molecule has 0 spiro atoms. The molecule has 0 atom stereocenters. The lowest BCUT2D eigenvalue weighted by molar-refractivity contribution is -0.0503. The van der Waals surface area contributed by atoms with Crippen molar-refractivity contribution >= 4 is 17.6 Å². The molecule has 0 aromatic heterocycles. The van der Waals surface area contributed by atoms with Crippen LogP contribution in [0.15, 0.2) is 18.2 Å². The Labute approximate surface area is 82.9 Å². The highest BCUT2D eigenvalue weighted by atomic mass is 35.5. The zero-order valence-electron chi connectivity index (χ0n) is 6.71. The molecule has 1 aromatic rings. The molecule has 0 amide bonds. The first-order valence-corrected chi connectivity index (χ1v) is 3.86. The minimum absolute atomic E-state index is 0.143. The molecule has 1 aromatic carbocycles. The van der Waals surface area contributed by atoms with Crippen LogP contribution in [0.5, 0.6) is 5.75 Å². The fraction of sp³-hybridized carbons (Fsp3) is 0.125. The topological polar surface area (TPSA) is 46.5 Å². The molecular formula is C8H5ClF2O3. The highest BCUT2D eigenvalue weighted by Crippen LogP contribution is 2.27. The Hall–Kier alpha value is -1.36. The van der Waals surface area contributed by atoms with Gasteiger partial charge in [-0.15, -0.1) is 0 Å². The number of carboxylic acids is 1. The van der Waals surface area contributed by atoms with Crippen LogP contribution in [-0.4, -0.2) is 17.7 Å². The standard InChI is InChI=1S/C8H5ClF2O3/c9-4-2-1-3-5(14-8(10)11)6(4)7(12)13/h1-3,8H,(H,12,13). The lowest BCUT2D eigenvalue weighted by Crippen LogP contribution is -2.08. The van der Waals surface area contributed by atoms with Crippen LogP contribution >= 0.6 is 11.6 Å². The maximum atomic E-state index is 11.8. The maximum absolute atomic E-state index is 11.8. The predicted octanol–water partition coefficient (Wildman–Crippen LogP) is 2.64. The maximum Gasteiger partial charge on any atom is 0.387 e. The minimum Gasteiger partial charge on any atom is -0.478 e. The van der Waals surface area contributed by atoms with Gasteiger partial charge in [-0.05, 0) is 12.1 Å². The summed E-state index contributed by atoms with van der Waals surface area (Å²) in [6.45, 7) is -3.08. The first-order valence-electron chi connectivity index (χ1n) is 3.49. The quantitative estimate of drug-likeness (QED) is 0.855. The summed E-state index contributed by atoms with van der Waals surface area (Å²) >= 11 is 5.50. The molecule has 76 valence electrons. The fourth-order valence-corrected chi connectivity index (χ4v) is 1.15. The molecular weight excluding hydrogens is 218 g/mol. The van der Waals surface area contributed by atoms with Crippen LogP contribution in [0, 0.1) is 0 Å². The molecule has 0 aliphatic carbocycles. The summed E-state index contributed by atoms with van der Waals surface area (Å²) < 4.78 is 27.7. The van der Waals surface area contributed by atoms with Crippen molar-refractivity contribution in [2.45, 2.75) is 6.61 Å². The summed E-state index contributed by atoms with van der Waals surface area (Å²) in [6, 6.07) is 3.72. The van der Waals surface area contributed by atoms with Crippen molar-refractivity contribution in [1.82, 2.24) is 0 Å². The SMILES string of the molecule is O=C(O)c1c(Cl)cccc1OC(F)F. The molecule has 1 rings (SSSR count). The molecule has 14 heavy (non-hydrogen) atoms. The number of halogens is 3. The van der Waals surface area contributed by atoms with Gasteiger partial charge in [-0.2, -0.15) is 8.78 Å². The van der Waals surface area contributed by atoms with Gasteiger partial charge >= 0.3 is 12.6 Å². The van der Waals surface area contributed by atoms with E-state index in [1.807, 2.05) is 0 Å². The van der Waals surface area contributed by atoms with Crippen molar-refractivity contribution in [3.63, 3.8) is 0 Å². The number of hydrogen-bond acceptors (Lipinski definition) is 2. The number of rotatable bonds is 3. The van der Waals surface area contributed by atoms with E-state index in [4.69, 9.17) is 16.7 Å². The summed E-state index contributed by atoms with van der Waals surface area (Å²) in [5.41, 5.74) is -0.463. The summed E-state index contributed by atoms with van der Waals surface area (Å²) in [4.78, 5) is 10.6. The lowest BCUT2D eigenvalue weighted by atomic mass is 10.2. The smallest absolute Gasteiger partial charge is 0.387 e. The second kappa shape index (κ2) is 4.23. The molecule has 6 heteroatoms. The first kappa shape index (κ1) is 10.7. The van der Waals surface area contributed by atoms with Crippen molar-refractivity contribution in [2.75, 3.05) is 0 Å². The van der Waals surface area contributed by atoms with Gasteiger partial charge in [0, 0.05) is 0 Å². The van der Waals surface area contributed by atoms with Crippen LogP contribution < -0.4 is 4.74 Å². The second-order valence-corrected chi connectivity index (χ2v) is 2.70. The van der Waals surface area contributed by atoms with Crippen molar-refractivity contribution in [3.8, 4) is 5.75 Å². The summed E-state index contributed by atoms with van der Waals surface area (Å²) in [5, 5.41) is 8.51. The van der Waals surface area contributed by atoms with Gasteiger partial charge in [0.2, 0.25) is 0 Å². The predicted molar refractivity (Wildman–Crippen MR) is 45.0 cm³/mol. The molecule has 0 aliphatic rings. The van der Waals surface area contributed by atoms with E-state index in [2.05, 4.69) is 4.74 Å². The van der Waals surface area contributed by atoms with E-state index in [0.29, 0.717) is 0 Å². The number of hydrogen-bond donors (Lipinski definition) is 1. The van der Waals surface area contributed by atoms with Crippen LogP contribution in [0.4, 0.5) is 8.78 Å². The molecule has 0 aliphatic heterocycles. The first-order chi connectivity index (χ1) is 6.52. The molecule has 1 N–H and O–H groups in total. The van der Waals surface area contributed by atoms with E-state index in [-0.39, 0.29) is 5.02 Å². The molecule has 0 bridgehead atoms. The third kappa shape index (κ3) is 2.32. The van der Waals surface area contributed by atoms with Crippen molar-refractivity contribution < 1.29 is 23.4 Å². The highest BCUT2D eigenvalue weighted by Gasteiger charge is 2.17. The van der Waals surface area contributed by atoms with Crippen molar-refractivity contribution in [2.24, 2.45) is 0 Å². The Morgan fingerprint density at radius 1 is 1.50 bits per heavy atom. The van der Waals surface area contributed by atoms with Gasteiger partial charge in [0.05, 0.1) is 5.02 Å². The fourth-order valence-electron chi connectivity index (χ4n) is 0.906. The molecule has 3 nitrogen and oxygen atoms in total. The van der Waals surface area contributed by atoms with Crippen LogP contribution in [0.1, 0.15) is 10.4 Å². The second-order valence-electron chi connectivity index (χ2n) is 2.30. The van der Waals surface area contributed by atoms with Gasteiger partial charge in [-0.1, -0.05) is 17.7 Å². The molecule has 0 saturated carbocycles. The van der Waals surface area contributed by atoms with E-state index < -0.39 is 23.9 Å². The Bertz CT molecular complexity index is 354. The van der Waals surface area contributed by atoms with Crippen LogP contribution in [0.3, 0.4) is 0 Å². The normalized spacial score (nSPS) is 10.3. The number of carbonyl (C=O) groups is 1. The molecule has 0 heterocycles. The summed E-state index contributed by atoms with van der Waals surface area (Å²) in [5.74, 6) is -1.86. The van der Waals surface area contributed by atoms with Gasteiger partial charge in [-0.25, -0.2) is 4.79 Å². The minimum atomic E-state index is -3.08. The third-order valence-electron chi connectivity index (χ3n) is 1.41. The number of carboxylic acid groups (broad SMARTS) is 1. The largest absolute Gasteiger partial charge is 0.478 e. The van der Waals surface area contributed by atoms with Gasteiger partial charge in [0.25, 0.3) is 0 Å². The van der Waals surface area contributed by atoms with E-state index in [0.717, 1.165) is 6.07 Å². The summed E-state index contributed by atoms with van der Waals surface area (Å²) in [6.07, 6.45) is 0. The highest BCUT2D eigenvalue weighted by molar-refractivity contribution is 6.33. The monoisotopic (exact) mass is 222 g/mol. The lowest BCUT2D eigenvalue weighted by Gasteiger charge is -2.08. The van der Waals surface area contributed by atoms with Gasteiger partial charge in [-0.3, -0.25) is 0 Å². The van der Waals surface area contributed by atoms with E-state index in [1.165, 1.54) is 12.1 Å². The Morgan fingerprint density at radius 3 is 2.64 bits per heavy atom. The van der Waals surface area contributed by atoms with Crippen LogP contribution in [0.25, 0.3) is 0 Å². The zero-order valence-corrected chi connectivity index (χ0v) is 7.46.